The van der Waals surface area contributed by atoms with Gasteiger partial charge in [0, 0.05) is 24.3 Å². The standard InChI is InChI=1S/2C14H28O3S.2C4H9.Sn/c2*1-2-3-4-5-6-7-8-9-10-11-14(15)17-12-13-18-16;2*1-3-4-2;/h2*16H,2-13H2,1H3;2*1,3-4H2,2H3;/q;;;;+2/p-2. The number of ether oxygens (including phenoxy) is 2. The van der Waals surface area contributed by atoms with Crippen LogP contribution >= 0.6 is 24.1 Å². The molecule has 0 spiro atoms. The molecule has 0 aromatic rings. The molecule has 0 unspecified atom stereocenters. The van der Waals surface area contributed by atoms with Crippen LogP contribution in [0.3, 0.4) is 0 Å². The average Bonchev–Trinajstić information content (AvgIpc) is 3.04. The van der Waals surface area contributed by atoms with Crippen molar-refractivity contribution in [1.29, 1.82) is 0 Å². The fourth-order valence-corrected chi connectivity index (χ4v) is 8.87. The van der Waals surface area contributed by atoms with E-state index in [4.69, 9.17) is 9.47 Å². The predicted octanol–water partition coefficient (Wildman–Crippen LogP) is 11.8. The number of unbranched alkanes of at least 4 members (excludes halogenated alkanes) is 18. The summed E-state index contributed by atoms with van der Waals surface area (Å²) in [5.41, 5.74) is 0. The molecule has 9 heteroatoms. The topological polar surface area (TPSA) is 98.7 Å². The zero-order chi connectivity index (χ0) is 33.9. The van der Waals surface area contributed by atoms with E-state index in [1.54, 1.807) is 8.87 Å². The number of carbonyl (C=O) groups excluding carboxylic acids is 2. The van der Waals surface area contributed by atoms with Gasteiger partial charge in [-0.3, -0.25) is 33.7 Å². The second-order valence-corrected chi connectivity index (χ2v) is 17.3. The van der Waals surface area contributed by atoms with Crippen LogP contribution < -0.4 is 0 Å². The third kappa shape index (κ3) is 54.1. The van der Waals surface area contributed by atoms with E-state index in [0.29, 0.717) is 48.4 Å². The van der Waals surface area contributed by atoms with E-state index >= 15 is 0 Å². The Hall–Kier alpha value is 0.359. The predicted molar refractivity (Wildman–Crippen MR) is 197 cm³/mol. The van der Waals surface area contributed by atoms with Gasteiger partial charge in [0.25, 0.3) is 0 Å². The van der Waals surface area contributed by atoms with Crippen LogP contribution in [0, 0.1) is 0 Å². The number of hydrogen-bond donors (Lipinski definition) is 0. The van der Waals surface area contributed by atoms with Gasteiger partial charge in [-0.05, 0) is 12.8 Å². The van der Waals surface area contributed by atoms with Crippen LogP contribution in [0.25, 0.3) is 0 Å². The summed E-state index contributed by atoms with van der Waals surface area (Å²) < 4.78 is 33.2. The Morgan fingerprint density at radius 1 is 0.467 bits per heavy atom. The summed E-state index contributed by atoms with van der Waals surface area (Å²) in [6.07, 6.45) is 29.3. The maximum absolute atomic E-state index is 11.2. The number of hydrogen-bond acceptors (Lipinski definition) is 8. The van der Waals surface area contributed by atoms with Crippen molar-refractivity contribution < 1.29 is 28.2 Å². The Kier molecular flexibility index (Phi) is 53.9. The van der Waals surface area contributed by atoms with Gasteiger partial charge in [0.05, 0.1) is 13.2 Å². The number of rotatable bonds is 32. The fraction of sp³-hybridized carbons (Fsp3) is 0.944. The molecule has 0 fully saturated rings. The molecule has 0 aliphatic carbocycles. The van der Waals surface area contributed by atoms with Crippen LogP contribution in [-0.2, 0) is 19.1 Å². The second kappa shape index (κ2) is 48.8. The van der Waals surface area contributed by atoms with Crippen molar-refractivity contribution in [1.82, 2.24) is 0 Å². The first-order valence-electron chi connectivity index (χ1n) is 18.5. The van der Waals surface area contributed by atoms with Crippen LogP contribution in [0.4, 0.5) is 0 Å². The van der Waals surface area contributed by atoms with Gasteiger partial charge in [-0.1, -0.05) is 117 Å². The number of esters is 2. The molecule has 0 atom stereocenters. The molecule has 0 aliphatic heterocycles. The quantitative estimate of drug-likeness (QED) is 0.0288. The minimum absolute atomic E-state index is 0.149. The Labute approximate surface area is 299 Å². The molecule has 0 radical (unpaired) electrons. The number of carbonyl (C=O) groups is 2. The van der Waals surface area contributed by atoms with Crippen molar-refractivity contribution in [3.05, 3.63) is 0 Å². The SMILES string of the molecule is CCCCCCCCCCCC(=O)OCCS[O-].CCCCCCCCCCCC(=O)OCCS[O-].CCC[CH2][Sn+2][CH2]CCC. The van der Waals surface area contributed by atoms with Gasteiger partial charge in [0.2, 0.25) is 0 Å². The summed E-state index contributed by atoms with van der Waals surface area (Å²) in [5.74, 6) is 0.381. The Balaban J connectivity index is -0.000000622. The zero-order valence-electron chi connectivity index (χ0n) is 30.0. The molecule has 0 bridgehead atoms. The Morgan fingerprint density at radius 2 is 0.756 bits per heavy atom. The zero-order valence-corrected chi connectivity index (χ0v) is 34.5. The first kappa shape index (κ1) is 49.7. The van der Waals surface area contributed by atoms with Gasteiger partial charge in [-0.2, -0.15) is 0 Å². The summed E-state index contributed by atoms with van der Waals surface area (Å²) in [5, 5.41) is 0. The molecule has 45 heavy (non-hydrogen) atoms. The third-order valence-corrected chi connectivity index (χ3v) is 11.9. The monoisotopic (exact) mass is 784 g/mol. The van der Waals surface area contributed by atoms with Crippen molar-refractivity contribution in [3.63, 3.8) is 0 Å². The maximum atomic E-state index is 11.2. The molecule has 0 rings (SSSR count). The van der Waals surface area contributed by atoms with E-state index in [1.165, 1.54) is 116 Å². The van der Waals surface area contributed by atoms with Gasteiger partial charge in [-0.25, -0.2) is 0 Å². The van der Waals surface area contributed by atoms with Gasteiger partial charge in [-0.15, -0.1) is 0 Å². The van der Waals surface area contributed by atoms with E-state index in [9.17, 15) is 18.7 Å². The van der Waals surface area contributed by atoms with E-state index in [2.05, 4.69) is 27.7 Å². The second-order valence-electron chi connectivity index (χ2n) is 11.7. The van der Waals surface area contributed by atoms with E-state index < -0.39 is 0 Å². The fourth-order valence-electron chi connectivity index (χ4n) is 4.41. The van der Waals surface area contributed by atoms with Crippen molar-refractivity contribution in [2.45, 2.75) is 191 Å². The Bertz CT molecular complexity index is 512. The molecule has 0 heterocycles. The third-order valence-electron chi connectivity index (χ3n) is 7.24. The summed E-state index contributed by atoms with van der Waals surface area (Å²) in [6.45, 7) is 9.55. The molecule has 0 amide bonds. The normalized spacial score (nSPS) is 10.3. The van der Waals surface area contributed by atoms with Crippen molar-refractivity contribution >= 4 is 57.2 Å². The summed E-state index contributed by atoms with van der Waals surface area (Å²) in [7, 11) is 0. The van der Waals surface area contributed by atoms with E-state index in [0.717, 1.165) is 25.7 Å². The van der Waals surface area contributed by atoms with Crippen molar-refractivity contribution in [2.24, 2.45) is 0 Å². The first-order chi connectivity index (χ1) is 22.0. The van der Waals surface area contributed by atoms with Gasteiger partial charge in [0.15, 0.2) is 0 Å². The van der Waals surface area contributed by atoms with Gasteiger partial charge < -0.3 is 18.6 Å². The van der Waals surface area contributed by atoms with Gasteiger partial charge in [0.1, 0.15) is 0 Å². The molecule has 268 valence electrons. The van der Waals surface area contributed by atoms with E-state index in [-0.39, 0.29) is 46.3 Å². The summed E-state index contributed by atoms with van der Waals surface area (Å²) in [4.78, 5) is 22.4. The molecule has 0 saturated carbocycles. The average molecular weight is 784 g/mol. The Morgan fingerprint density at radius 3 is 1.04 bits per heavy atom. The molecule has 0 aliphatic rings. The van der Waals surface area contributed by atoms with Crippen LogP contribution in [0.1, 0.15) is 182 Å². The van der Waals surface area contributed by atoms with E-state index in [1.807, 2.05) is 0 Å². The molecular formula is C36H72O6S2Sn. The van der Waals surface area contributed by atoms with Crippen LogP contribution in [0.5, 0.6) is 0 Å². The van der Waals surface area contributed by atoms with Crippen LogP contribution in [0.2, 0.25) is 8.87 Å². The molecule has 0 aromatic heterocycles. The van der Waals surface area contributed by atoms with Gasteiger partial charge >= 0.3 is 81.5 Å². The first-order valence-corrected chi connectivity index (χ1v) is 24.4. The summed E-state index contributed by atoms with van der Waals surface area (Å²) in [6, 6.07) is 0. The molecule has 6 nitrogen and oxygen atoms in total. The molecule has 0 aromatic carbocycles. The van der Waals surface area contributed by atoms with Crippen LogP contribution in [-0.4, -0.2) is 66.9 Å². The summed E-state index contributed by atoms with van der Waals surface area (Å²) >= 11 is 1.07. The molecule has 0 saturated heterocycles. The minimum atomic E-state index is -0.160. The van der Waals surface area contributed by atoms with Crippen molar-refractivity contribution in [2.75, 3.05) is 24.7 Å². The molecule has 0 N–H and O–H groups in total. The van der Waals surface area contributed by atoms with Crippen molar-refractivity contribution in [3.8, 4) is 0 Å². The molecular weight excluding hydrogens is 711 g/mol. The van der Waals surface area contributed by atoms with Crippen LogP contribution in [0.15, 0.2) is 0 Å².